The lowest BCUT2D eigenvalue weighted by molar-refractivity contribution is -0.142. The van der Waals surface area contributed by atoms with Gasteiger partial charge >= 0.3 is 5.97 Å². The van der Waals surface area contributed by atoms with E-state index in [1.54, 1.807) is 20.8 Å². The number of nitrogens with one attached hydrogen (secondary N) is 1. The summed E-state index contributed by atoms with van der Waals surface area (Å²) in [4.78, 5) is 30.2. The average Bonchev–Trinajstić information content (AvgIpc) is 2.28. The van der Waals surface area contributed by atoms with Crippen molar-refractivity contribution in [2.45, 2.75) is 44.5 Å². The molecule has 0 saturated heterocycles. The van der Waals surface area contributed by atoms with Gasteiger partial charge in [-0.1, -0.05) is 18.7 Å². The van der Waals surface area contributed by atoms with Gasteiger partial charge in [-0.25, -0.2) is 4.98 Å². The molecule has 0 aliphatic heterocycles. The number of esters is 1. The smallest absolute Gasteiger partial charge is 0.319 e. The summed E-state index contributed by atoms with van der Waals surface area (Å²) in [6.45, 7) is 7.54. The van der Waals surface area contributed by atoms with Crippen LogP contribution in [0.25, 0.3) is 0 Å². The first-order valence-corrected chi connectivity index (χ1v) is 6.80. The van der Waals surface area contributed by atoms with Gasteiger partial charge in [0.05, 0.1) is 6.61 Å². The maximum absolute atomic E-state index is 11.7. The molecule has 1 heterocycles. The van der Waals surface area contributed by atoms with Gasteiger partial charge in [-0.2, -0.15) is 0 Å². The Kier molecular flexibility index (Phi) is 5.40. The predicted molar refractivity (Wildman–Crippen MR) is 70.9 cm³/mol. The number of aromatic amines is 1. The van der Waals surface area contributed by atoms with Crippen LogP contribution in [0.3, 0.4) is 0 Å². The number of ether oxygens (including phenoxy) is 1. The third-order valence-corrected chi connectivity index (χ3v) is 3.42. The van der Waals surface area contributed by atoms with Crippen molar-refractivity contribution in [2.75, 3.05) is 6.61 Å². The number of aryl methyl sites for hydroxylation is 1. The molecule has 0 aliphatic rings. The van der Waals surface area contributed by atoms with Gasteiger partial charge in [0.2, 0.25) is 0 Å². The van der Waals surface area contributed by atoms with Crippen molar-refractivity contribution in [3.63, 3.8) is 0 Å². The average molecular weight is 270 g/mol. The molecular formula is C12H18N2O3S. The number of nitrogens with zero attached hydrogens (tertiary/aromatic N) is 1. The number of H-pyrrole nitrogens is 1. The number of hydrogen-bond donors (Lipinski definition) is 1. The van der Waals surface area contributed by atoms with E-state index in [9.17, 15) is 9.59 Å². The Bertz CT molecular complexity index is 485. The van der Waals surface area contributed by atoms with Crippen LogP contribution in [0.1, 0.15) is 32.0 Å². The van der Waals surface area contributed by atoms with Crippen LogP contribution in [0.5, 0.6) is 0 Å². The minimum atomic E-state index is -0.389. The monoisotopic (exact) mass is 270 g/mol. The summed E-state index contributed by atoms with van der Waals surface area (Å²) in [5.41, 5.74) is 1.26. The molecule has 0 aliphatic carbocycles. The third-order valence-electron chi connectivity index (χ3n) is 2.46. The molecule has 0 aromatic carbocycles. The molecule has 5 nitrogen and oxygen atoms in total. The number of carbonyl (C=O) groups excluding carboxylic acids is 1. The Morgan fingerprint density at radius 1 is 1.50 bits per heavy atom. The number of thioether (sulfide) groups is 1. The highest BCUT2D eigenvalue weighted by atomic mass is 32.2. The number of rotatable bonds is 5. The van der Waals surface area contributed by atoms with Crippen molar-refractivity contribution < 1.29 is 9.53 Å². The highest BCUT2D eigenvalue weighted by Gasteiger charge is 2.17. The van der Waals surface area contributed by atoms with Gasteiger partial charge in [0.15, 0.2) is 5.16 Å². The Balaban J connectivity index is 2.86. The van der Waals surface area contributed by atoms with Gasteiger partial charge in [-0.15, -0.1) is 0 Å². The fourth-order valence-corrected chi connectivity index (χ4v) is 2.37. The molecule has 100 valence electrons. The van der Waals surface area contributed by atoms with E-state index in [4.69, 9.17) is 4.74 Å². The van der Waals surface area contributed by atoms with Crippen molar-refractivity contribution in [2.24, 2.45) is 0 Å². The summed E-state index contributed by atoms with van der Waals surface area (Å²) in [6.07, 6.45) is 0.645. The fraction of sp³-hybridized carbons (Fsp3) is 0.583. The number of carbonyl (C=O) groups is 1. The lowest BCUT2D eigenvalue weighted by atomic mass is 10.2. The molecule has 1 atom stereocenters. The van der Waals surface area contributed by atoms with Crippen LogP contribution in [-0.4, -0.2) is 27.8 Å². The van der Waals surface area contributed by atoms with E-state index >= 15 is 0 Å². The van der Waals surface area contributed by atoms with E-state index in [1.165, 1.54) is 11.8 Å². The zero-order chi connectivity index (χ0) is 13.7. The van der Waals surface area contributed by atoms with Crippen molar-refractivity contribution in [1.29, 1.82) is 0 Å². The first-order valence-electron chi connectivity index (χ1n) is 5.92. The topological polar surface area (TPSA) is 72.0 Å². The molecular weight excluding hydrogens is 252 g/mol. The maximum Gasteiger partial charge on any atom is 0.319 e. The van der Waals surface area contributed by atoms with Gasteiger partial charge in [-0.3, -0.25) is 9.59 Å². The Hall–Kier alpha value is -1.30. The Labute approximate surface area is 110 Å². The van der Waals surface area contributed by atoms with E-state index in [-0.39, 0.29) is 16.8 Å². The fourth-order valence-electron chi connectivity index (χ4n) is 1.53. The van der Waals surface area contributed by atoms with Gasteiger partial charge < -0.3 is 9.72 Å². The zero-order valence-corrected chi connectivity index (χ0v) is 11.9. The standard InChI is InChI=1S/C12H18N2O3S/c1-5-9-7(3)13-12(14-10(9)15)18-8(4)11(16)17-6-2/h8H,5-6H2,1-4H3,(H,13,14,15). The lowest BCUT2D eigenvalue weighted by Crippen LogP contribution is -2.20. The quantitative estimate of drug-likeness (QED) is 0.501. The van der Waals surface area contributed by atoms with Gasteiger partial charge in [0, 0.05) is 11.3 Å². The molecule has 1 unspecified atom stereocenters. The largest absolute Gasteiger partial charge is 0.465 e. The SMILES string of the molecule is CCOC(=O)C(C)Sc1nc(C)c(CC)c(=O)[nH]1. The van der Waals surface area contributed by atoms with Gasteiger partial charge in [0.25, 0.3) is 5.56 Å². The summed E-state index contributed by atoms with van der Waals surface area (Å²) in [5.74, 6) is -0.303. The highest BCUT2D eigenvalue weighted by Crippen LogP contribution is 2.20. The van der Waals surface area contributed by atoms with Crippen molar-refractivity contribution in [3.05, 3.63) is 21.6 Å². The number of hydrogen-bond acceptors (Lipinski definition) is 5. The van der Waals surface area contributed by atoms with E-state index in [0.717, 1.165) is 0 Å². The molecule has 0 fully saturated rings. The van der Waals surface area contributed by atoms with Crippen LogP contribution in [0, 0.1) is 6.92 Å². The first-order chi connectivity index (χ1) is 8.49. The van der Waals surface area contributed by atoms with Crippen LogP contribution >= 0.6 is 11.8 Å². The van der Waals surface area contributed by atoms with Crippen molar-refractivity contribution in [1.82, 2.24) is 9.97 Å². The second kappa shape index (κ2) is 6.58. The summed E-state index contributed by atoms with van der Waals surface area (Å²) >= 11 is 1.20. The molecule has 18 heavy (non-hydrogen) atoms. The zero-order valence-electron chi connectivity index (χ0n) is 11.1. The molecule has 1 N–H and O–H groups in total. The van der Waals surface area contributed by atoms with Crippen LogP contribution in [0.4, 0.5) is 0 Å². The maximum atomic E-state index is 11.7. The van der Waals surface area contributed by atoms with Crippen LogP contribution in [0.15, 0.2) is 9.95 Å². The Morgan fingerprint density at radius 2 is 2.17 bits per heavy atom. The van der Waals surface area contributed by atoms with E-state index in [0.29, 0.717) is 29.4 Å². The molecule has 1 rings (SSSR count). The Morgan fingerprint density at radius 3 is 2.67 bits per heavy atom. The third kappa shape index (κ3) is 3.60. The molecule has 0 radical (unpaired) electrons. The minimum absolute atomic E-state index is 0.136. The molecule has 0 saturated carbocycles. The van der Waals surface area contributed by atoms with E-state index < -0.39 is 0 Å². The van der Waals surface area contributed by atoms with Gasteiger partial charge in [0.1, 0.15) is 5.25 Å². The van der Waals surface area contributed by atoms with Crippen LogP contribution < -0.4 is 5.56 Å². The second-order valence-corrected chi connectivity index (χ2v) is 5.13. The molecule has 0 amide bonds. The summed E-state index contributed by atoms with van der Waals surface area (Å²) < 4.78 is 4.90. The predicted octanol–water partition coefficient (Wildman–Crippen LogP) is 1.68. The molecule has 1 aromatic rings. The molecule has 1 aromatic heterocycles. The summed E-state index contributed by atoms with van der Waals surface area (Å²) in [6, 6.07) is 0. The van der Waals surface area contributed by atoms with E-state index in [1.807, 2.05) is 6.92 Å². The molecule has 0 bridgehead atoms. The normalized spacial score (nSPS) is 12.2. The van der Waals surface area contributed by atoms with Gasteiger partial charge in [-0.05, 0) is 27.2 Å². The second-order valence-electron chi connectivity index (χ2n) is 3.80. The van der Waals surface area contributed by atoms with Crippen LogP contribution in [0.2, 0.25) is 0 Å². The summed E-state index contributed by atoms with van der Waals surface area (Å²) in [7, 11) is 0. The minimum Gasteiger partial charge on any atom is -0.465 e. The first kappa shape index (κ1) is 14.8. The summed E-state index contributed by atoms with van der Waals surface area (Å²) in [5, 5.41) is 0.0650. The van der Waals surface area contributed by atoms with Crippen molar-refractivity contribution in [3.8, 4) is 0 Å². The number of aromatic nitrogens is 2. The van der Waals surface area contributed by atoms with E-state index in [2.05, 4.69) is 9.97 Å². The van der Waals surface area contributed by atoms with Crippen molar-refractivity contribution >= 4 is 17.7 Å². The molecule has 0 spiro atoms. The van der Waals surface area contributed by atoms with Crippen LogP contribution in [-0.2, 0) is 16.0 Å². The lowest BCUT2D eigenvalue weighted by Gasteiger charge is -2.10. The molecule has 6 heteroatoms. The highest BCUT2D eigenvalue weighted by molar-refractivity contribution is 8.00.